The molecule has 0 fully saturated rings. The Hall–Kier alpha value is -3.39. The van der Waals surface area contributed by atoms with Crippen molar-refractivity contribution in [2.75, 3.05) is 12.1 Å². The molecule has 1 aliphatic heterocycles. The second-order valence-corrected chi connectivity index (χ2v) is 7.52. The van der Waals surface area contributed by atoms with Crippen molar-refractivity contribution < 1.29 is 19.1 Å². The van der Waals surface area contributed by atoms with E-state index in [4.69, 9.17) is 9.47 Å². The zero-order valence-corrected chi connectivity index (χ0v) is 16.7. The molecule has 2 N–H and O–H groups in total. The Morgan fingerprint density at radius 3 is 2.79 bits per heavy atom. The summed E-state index contributed by atoms with van der Waals surface area (Å²) in [6, 6.07) is 12.1. The van der Waals surface area contributed by atoms with E-state index in [1.807, 2.05) is 42.6 Å². The molecular weight excluding hydrogens is 390 g/mol. The van der Waals surface area contributed by atoms with Crippen LogP contribution in [0.3, 0.4) is 0 Å². The van der Waals surface area contributed by atoms with E-state index in [1.165, 1.54) is 11.3 Å². The summed E-state index contributed by atoms with van der Waals surface area (Å²) < 4.78 is 10.7. The monoisotopic (exact) mass is 409 g/mol. The van der Waals surface area contributed by atoms with E-state index in [2.05, 4.69) is 15.6 Å². The van der Waals surface area contributed by atoms with Crippen molar-refractivity contribution in [2.45, 2.75) is 19.9 Å². The maximum Gasteiger partial charge on any atom is 0.251 e. The highest BCUT2D eigenvalue weighted by Gasteiger charge is 2.19. The minimum Gasteiger partial charge on any atom is -0.454 e. The van der Waals surface area contributed by atoms with Gasteiger partial charge in [0.05, 0.1) is 5.69 Å². The third-order valence-corrected chi connectivity index (χ3v) is 5.18. The summed E-state index contributed by atoms with van der Waals surface area (Å²) in [5.74, 6) is 0.748. The van der Waals surface area contributed by atoms with E-state index in [0.717, 1.165) is 16.8 Å². The molecule has 29 heavy (non-hydrogen) atoms. The van der Waals surface area contributed by atoms with Gasteiger partial charge in [0, 0.05) is 16.5 Å². The van der Waals surface area contributed by atoms with Crippen LogP contribution in [0, 0.1) is 6.92 Å². The first kappa shape index (κ1) is 18.9. The molecule has 0 saturated carbocycles. The first-order valence-corrected chi connectivity index (χ1v) is 9.91. The molecule has 0 saturated heterocycles. The molecule has 1 aromatic heterocycles. The number of thiazole rings is 1. The lowest BCUT2D eigenvalue weighted by Crippen LogP contribution is -2.41. The van der Waals surface area contributed by atoms with Crippen LogP contribution in [0.1, 0.15) is 22.8 Å². The predicted octanol–water partition coefficient (Wildman–Crippen LogP) is 3.60. The highest BCUT2D eigenvalue weighted by molar-refractivity contribution is 7.14. The number of benzene rings is 2. The van der Waals surface area contributed by atoms with Gasteiger partial charge in [-0.1, -0.05) is 17.7 Å². The first-order valence-electron chi connectivity index (χ1n) is 9.03. The van der Waals surface area contributed by atoms with Crippen LogP contribution in [0.4, 0.5) is 5.13 Å². The van der Waals surface area contributed by atoms with Crippen molar-refractivity contribution in [3.8, 4) is 22.8 Å². The van der Waals surface area contributed by atoms with E-state index in [9.17, 15) is 9.59 Å². The van der Waals surface area contributed by atoms with Crippen molar-refractivity contribution in [3.05, 3.63) is 59.0 Å². The molecule has 2 heterocycles. The highest BCUT2D eigenvalue weighted by atomic mass is 32.1. The van der Waals surface area contributed by atoms with Crippen LogP contribution in [-0.4, -0.2) is 29.6 Å². The lowest BCUT2D eigenvalue weighted by atomic mass is 10.1. The number of amides is 2. The lowest BCUT2D eigenvalue weighted by Gasteiger charge is -2.13. The fourth-order valence-corrected chi connectivity index (χ4v) is 3.59. The van der Waals surface area contributed by atoms with Gasteiger partial charge in [0.15, 0.2) is 16.6 Å². The first-order chi connectivity index (χ1) is 14.0. The van der Waals surface area contributed by atoms with Gasteiger partial charge in [-0.25, -0.2) is 4.98 Å². The second kappa shape index (κ2) is 7.92. The quantitative estimate of drug-likeness (QED) is 0.672. The summed E-state index contributed by atoms with van der Waals surface area (Å²) >= 11 is 1.31. The maximum atomic E-state index is 12.4. The summed E-state index contributed by atoms with van der Waals surface area (Å²) in [5, 5.41) is 7.76. The molecular formula is C21H19N3O4S. The normalized spacial score (nSPS) is 13.0. The molecule has 2 amide bonds. The number of aromatic nitrogens is 1. The molecule has 4 rings (SSSR count). The molecule has 148 valence electrons. The van der Waals surface area contributed by atoms with Crippen LogP contribution < -0.4 is 20.1 Å². The largest absolute Gasteiger partial charge is 0.454 e. The Balaban J connectivity index is 1.39. The molecule has 1 aliphatic rings. The Labute approximate surface area is 171 Å². The van der Waals surface area contributed by atoms with Crippen molar-refractivity contribution in [3.63, 3.8) is 0 Å². The molecule has 8 heteroatoms. The summed E-state index contributed by atoms with van der Waals surface area (Å²) in [6.07, 6.45) is 0. The minimum atomic E-state index is -0.707. The summed E-state index contributed by atoms with van der Waals surface area (Å²) in [4.78, 5) is 29.2. The zero-order chi connectivity index (χ0) is 20.4. The molecule has 7 nitrogen and oxygen atoms in total. The Kier molecular flexibility index (Phi) is 5.18. The smallest absolute Gasteiger partial charge is 0.251 e. The second-order valence-electron chi connectivity index (χ2n) is 6.66. The van der Waals surface area contributed by atoms with Gasteiger partial charge in [-0.05, 0) is 44.2 Å². The van der Waals surface area contributed by atoms with Crippen LogP contribution in [0.15, 0.2) is 47.8 Å². The van der Waals surface area contributed by atoms with Crippen LogP contribution >= 0.6 is 11.3 Å². The van der Waals surface area contributed by atoms with Crippen molar-refractivity contribution >= 4 is 28.3 Å². The molecule has 0 radical (unpaired) electrons. The average molecular weight is 409 g/mol. The number of carbonyl (C=O) groups is 2. The molecule has 2 aromatic carbocycles. The van der Waals surface area contributed by atoms with Gasteiger partial charge in [0.1, 0.15) is 6.04 Å². The molecule has 0 aliphatic carbocycles. The van der Waals surface area contributed by atoms with E-state index < -0.39 is 6.04 Å². The number of nitrogens with one attached hydrogen (secondary N) is 2. The predicted molar refractivity (Wildman–Crippen MR) is 110 cm³/mol. The van der Waals surface area contributed by atoms with Gasteiger partial charge in [0.2, 0.25) is 12.7 Å². The van der Waals surface area contributed by atoms with Crippen LogP contribution in [0.25, 0.3) is 11.3 Å². The number of rotatable bonds is 5. The minimum absolute atomic E-state index is 0.212. The molecule has 0 spiro atoms. The number of hydrogen-bond acceptors (Lipinski definition) is 6. The molecule has 1 atom stereocenters. The highest BCUT2D eigenvalue weighted by Crippen LogP contribution is 2.36. The third kappa shape index (κ3) is 4.22. The van der Waals surface area contributed by atoms with Crippen molar-refractivity contribution in [1.29, 1.82) is 0 Å². The van der Waals surface area contributed by atoms with Crippen molar-refractivity contribution in [2.24, 2.45) is 0 Å². The van der Waals surface area contributed by atoms with Gasteiger partial charge in [-0.15, -0.1) is 11.3 Å². The number of anilines is 1. The number of fused-ring (bicyclic) bond motifs is 1. The fraction of sp³-hybridized carbons (Fsp3) is 0.190. The number of nitrogens with zero attached hydrogens (tertiary/aromatic N) is 1. The SMILES string of the molecule is Cc1cccc(C(=O)N[C@H](C)C(=O)Nc2nc(-c3ccc4c(c3)OCO4)cs2)c1. The van der Waals surface area contributed by atoms with Gasteiger partial charge in [0.25, 0.3) is 5.91 Å². The van der Waals surface area contributed by atoms with E-state index in [0.29, 0.717) is 22.2 Å². The molecule has 0 unspecified atom stereocenters. The average Bonchev–Trinajstić information content (AvgIpc) is 3.36. The number of hydrogen-bond donors (Lipinski definition) is 2. The van der Waals surface area contributed by atoms with Gasteiger partial charge in [-0.2, -0.15) is 0 Å². The maximum absolute atomic E-state index is 12.4. The van der Waals surface area contributed by atoms with Crippen LogP contribution in [0.5, 0.6) is 11.5 Å². The Bertz CT molecular complexity index is 1080. The van der Waals surface area contributed by atoms with Gasteiger partial charge in [-0.3, -0.25) is 9.59 Å². The number of aryl methyl sites for hydroxylation is 1. The Morgan fingerprint density at radius 1 is 1.14 bits per heavy atom. The molecule has 3 aromatic rings. The number of ether oxygens (including phenoxy) is 2. The summed E-state index contributed by atoms with van der Waals surface area (Å²) in [5.41, 5.74) is 3.09. The zero-order valence-electron chi connectivity index (χ0n) is 15.9. The van der Waals surface area contributed by atoms with E-state index in [-0.39, 0.29) is 18.6 Å². The van der Waals surface area contributed by atoms with Gasteiger partial charge >= 0.3 is 0 Å². The fourth-order valence-electron chi connectivity index (χ4n) is 2.87. The van der Waals surface area contributed by atoms with Crippen LogP contribution in [-0.2, 0) is 4.79 Å². The Morgan fingerprint density at radius 2 is 1.97 bits per heavy atom. The van der Waals surface area contributed by atoms with Crippen molar-refractivity contribution in [1.82, 2.24) is 10.3 Å². The standard InChI is InChI=1S/C21H19N3O4S/c1-12-4-3-5-15(8-12)20(26)22-13(2)19(25)24-21-23-16(10-29-21)14-6-7-17-18(9-14)28-11-27-17/h3-10,13H,11H2,1-2H3,(H,22,26)(H,23,24,25)/t13-/m1/s1. The van der Waals surface area contributed by atoms with Crippen LogP contribution in [0.2, 0.25) is 0 Å². The van der Waals surface area contributed by atoms with E-state index in [1.54, 1.807) is 19.1 Å². The topological polar surface area (TPSA) is 89.6 Å². The molecule has 0 bridgehead atoms. The summed E-state index contributed by atoms with van der Waals surface area (Å²) in [6.45, 7) is 3.76. The summed E-state index contributed by atoms with van der Waals surface area (Å²) in [7, 11) is 0. The lowest BCUT2D eigenvalue weighted by molar-refractivity contribution is -0.117. The van der Waals surface area contributed by atoms with E-state index >= 15 is 0 Å². The van der Waals surface area contributed by atoms with Gasteiger partial charge < -0.3 is 20.1 Å². The third-order valence-electron chi connectivity index (χ3n) is 4.42. The number of carbonyl (C=O) groups excluding carboxylic acids is 2.